The first-order chi connectivity index (χ1) is 8.72. The summed E-state index contributed by atoms with van der Waals surface area (Å²) >= 11 is 0. The number of hydrogen-bond acceptors (Lipinski definition) is 4. The zero-order valence-corrected chi connectivity index (χ0v) is 11.8. The molecule has 1 aliphatic carbocycles. The Morgan fingerprint density at radius 1 is 1.17 bits per heavy atom. The predicted molar refractivity (Wildman–Crippen MR) is 71.5 cm³/mol. The highest BCUT2D eigenvalue weighted by Crippen LogP contribution is 2.41. The van der Waals surface area contributed by atoms with Gasteiger partial charge in [-0.05, 0) is 37.6 Å². The Kier molecular flexibility index (Phi) is 7.28. The van der Waals surface area contributed by atoms with Gasteiger partial charge in [0.2, 0.25) is 0 Å². The molecular formula is C14H27NO3. The highest BCUT2D eigenvalue weighted by Gasteiger charge is 2.30. The first kappa shape index (κ1) is 15.4. The van der Waals surface area contributed by atoms with Gasteiger partial charge in [-0.2, -0.15) is 0 Å². The second-order valence-electron chi connectivity index (χ2n) is 5.31. The van der Waals surface area contributed by atoms with Crippen LogP contribution in [0.2, 0.25) is 0 Å². The normalized spacial score (nSPS) is 18.6. The zero-order chi connectivity index (χ0) is 13.3. The first-order valence-corrected chi connectivity index (χ1v) is 6.99. The van der Waals surface area contributed by atoms with E-state index in [0.29, 0.717) is 12.0 Å². The van der Waals surface area contributed by atoms with E-state index in [9.17, 15) is 4.79 Å². The molecule has 0 aromatic heterocycles. The lowest BCUT2D eigenvalue weighted by Gasteiger charge is -2.37. The number of nitrogens with one attached hydrogen (secondary N) is 1. The van der Waals surface area contributed by atoms with E-state index in [0.717, 1.165) is 26.0 Å². The van der Waals surface area contributed by atoms with Crippen molar-refractivity contribution in [1.29, 1.82) is 0 Å². The maximum Gasteiger partial charge on any atom is 0.319 e. The maximum atomic E-state index is 11.0. The molecule has 0 bridgehead atoms. The number of rotatable bonds is 8. The lowest BCUT2D eigenvalue weighted by molar-refractivity contribution is -0.139. The minimum atomic E-state index is -0.190. The van der Waals surface area contributed by atoms with E-state index in [1.54, 1.807) is 7.11 Å². The maximum absolute atomic E-state index is 11.0. The van der Waals surface area contributed by atoms with Gasteiger partial charge in [-0.1, -0.05) is 19.3 Å². The third kappa shape index (κ3) is 5.36. The van der Waals surface area contributed by atoms with Crippen molar-refractivity contribution in [3.63, 3.8) is 0 Å². The van der Waals surface area contributed by atoms with Crippen LogP contribution in [0.5, 0.6) is 0 Å². The summed E-state index contributed by atoms with van der Waals surface area (Å²) in [5.41, 5.74) is 0.428. The fourth-order valence-electron chi connectivity index (χ4n) is 2.86. The summed E-state index contributed by atoms with van der Waals surface area (Å²) in [7, 11) is 3.19. The predicted octanol–water partition coefficient (Wildman–Crippen LogP) is 2.13. The molecule has 106 valence electrons. The molecule has 0 heterocycles. The molecule has 1 aliphatic rings. The second kappa shape index (κ2) is 8.48. The smallest absolute Gasteiger partial charge is 0.319 e. The van der Waals surface area contributed by atoms with Gasteiger partial charge in [-0.3, -0.25) is 4.79 Å². The quantitative estimate of drug-likeness (QED) is 0.534. The van der Waals surface area contributed by atoms with Gasteiger partial charge in [0.15, 0.2) is 0 Å². The van der Waals surface area contributed by atoms with Gasteiger partial charge in [0.25, 0.3) is 0 Å². The molecule has 18 heavy (non-hydrogen) atoms. The van der Waals surface area contributed by atoms with Crippen molar-refractivity contribution in [2.75, 3.05) is 33.9 Å². The molecule has 0 spiro atoms. The van der Waals surface area contributed by atoms with Crippen LogP contribution in [0.4, 0.5) is 0 Å². The Morgan fingerprint density at radius 3 is 2.50 bits per heavy atom. The van der Waals surface area contributed by atoms with E-state index in [1.165, 1.54) is 39.2 Å². The van der Waals surface area contributed by atoms with Gasteiger partial charge >= 0.3 is 5.97 Å². The Balaban J connectivity index is 2.29. The standard InChI is InChI=1S/C14H27NO3/c1-17-11-9-14(6-4-3-5-7-14)8-10-15-12-13(16)18-2/h15H,3-12H2,1-2H3. The van der Waals surface area contributed by atoms with Gasteiger partial charge in [0, 0.05) is 13.7 Å². The van der Waals surface area contributed by atoms with Crippen molar-refractivity contribution in [2.45, 2.75) is 44.9 Å². The summed E-state index contributed by atoms with van der Waals surface area (Å²) in [6.45, 7) is 2.05. The molecule has 0 aromatic rings. The largest absolute Gasteiger partial charge is 0.468 e. The highest BCUT2D eigenvalue weighted by molar-refractivity contribution is 5.71. The Hall–Kier alpha value is -0.610. The summed E-state index contributed by atoms with van der Waals surface area (Å²) in [6, 6.07) is 0. The molecular weight excluding hydrogens is 230 g/mol. The summed E-state index contributed by atoms with van der Waals surface area (Å²) < 4.78 is 9.85. The second-order valence-corrected chi connectivity index (χ2v) is 5.31. The molecule has 4 heteroatoms. The molecule has 1 fully saturated rings. The Morgan fingerprint density at radius 2 is 1.89 bits per heavy atom. The minimum absolute atomic E-state index is 0.190. The van der Waals surface area contributed by atoms with Crippen molar-refractivity contribution >= 4 is 5.97 Å². The number of carbonyl (C=O) groups excluding carboxylic acids is 1. The van der Waals surface area contributed by atoms with Gasteiger partial charge in [0.1, 0.15) is 0 Å². The van der Waals surface area contributed by atoms with E-state index in [4.69, 9.17) is 4.74 Å². The number of carbonyl (C=O) groups is 1. The van der Waals surface area contributed by atoms with Crippen molar-refractivity contribution in [2.24, 2.45) is 5.41 Å². The van der Waals surface area contributed by atoms with E-state index in [1.807, 2.05) is 0 Å². The van der Waals surface area contributed by atoms with Gasteiger partial charge < -0.3 is 14.8 Å². The molecule has 0 aliphatic heterocycles. The Labute approximate surface area is 110 Å². The molecule has 1 rings (SSSR count). The minimum Gasteiger partial charge on any atom is -0.468 e. The fourth-order valence-corrected chi connectivity index (χ4v) is 2.86. The number of hydrogen-bond donors (Lipinski definition) is 1. The zero-order valence-electron chi connectivity index (χ0n) is 11.8. The van der Waals surface area contributed by atoms with Crippen molar-refractivity contribution in [1.82, 2.24) is 5.32 Å². The summed E-state index contributed by atoms with van der Waals surface area (Å²) in [5, 5.41) is 3.17. The average Bonchev–Trinajstić information content (AvgIpc) is 2.42. The Bertz CT molecular complexity index is 237. The van der Waals surface area contributed by atoms with Crippen molar-refractivity contribution in [3.05, 3.63) is 0 Å². The number of esters is 1. The van der Waals surface area contributed by atoms with Crippen LogP contribution in [0, 0.1) is 5.41 Å². The van der Waals surface area contributed by atoms with Gasteiger partial charge in [-0.15, -0.1) is 0 Å². The van der Waals surface area contributed by atoms with Crippen LogP contribution >= 0.6 is 0 Å². The molecule has 1 N–H and O–H groups in total. The third-order valence-corrected chi connectivity index (χ3v) is 4.08. The van der Waals surface area contributed by atoms with Gasteiger partial charge in [0.05, 0.1) is 13.7 Å². The highest BCUT2D eigenvalue weighted by atomic mass is 16.5. The summed E-state index contributed by atoms with van der Waals surface area (Å²) in [4.78, 5) is 11.0. The molecule has 4 nitrogen and oxygen atoms in total. The average molecular weight is 257 g/mol. The van der Waals surface area contributed by atoms with Crippen molar-refractivity contribution in [3.8, 4) is 0 Å². The van der Waals surface area contributed by atoms with Crippen LogP contribution in [0.1, 0.15) is 44.9 Å². The summed E-state index contributed by atoms with van der Waals surface area (Å²) in [6.07, 6.45) is 8.91. The van der Waals surface area contributed by atoms with E-state index in [2.05, 4.69) is 10.1 Å². The summed E-state index contributed by atoms with van der Waals surface area (Å²) in [5.74, 6) is -0.190. The molecule has 0 unspecified atom stereocenters. The molecule has 0 amide bonds. The monoisotopic (exact) mass is 257 g/mol. The topological polar surface area (TPSA) is 47.6 Å². The fraction of sp³-hybridized carbons (Fsp3) is 0.929. The van der Waals surface area contributed by atoms with E-state index >= 15 is 0 Å². The van der Waals surface area contributed by atoms with Crippen LogP contribution in [0.25, 0.3) is 0 Å². The van der Waals surface area contributed by atoms with E-state index < -0.39 is 0 Å². The molecule has 0 atom stereocenters. The van der Waals surface area contributed by atoms with E-state index in [-0.39, 0.29) is 5.97 Å². The van der Waals surface area contributed by atoms with Crippen LogP contribution in [-0.2, 0) is 14.3 Å². The van der Waals surface area contributed by atoms with Crippen molar-refractivity contribution < 1.29 is 14.3 Å². The molecule has 0 saturated heterocycles. The van der Waals surface area contributed by atoms with Crippen LogP contribution < -0.4 is 5.32 Å². The lowest BCUT2D eigenvalue weighted by Crippen LogP contribution is -2.32. The lowest BCUT2D eigenvalue weighted by atomic mass is 9.70. The van der Waals surface area contributed by atoms with Crippen LogP contribution in [0.15, 0.2) is 0 Å². The molecule has 1 saturated carbocycles. The van der Waals surface area contributed by atoms with Gasteiger partial charge in [-0.25, -0.2) is 0 Å². The third-order valence-electron chi connectivity index (χ3n) is 4.08. The van der Waals surface area contributed by atoms with Crippen LogP contribution in [-0.4, -0.2) is 39.9 Å². The molecule has 0 radical (unpaired) electrons. The number of methoxy groups -OCH3 is 2. The number of ether oxygens (including phenoxy) is 2. The first-order valence-electron chi connectivity index (χ1n) is 6.99. The SMILES string of the molecule is COCCC1(CCNCC(=O)OC)CCCCC1. The van der Waals surface area contributed by atoms with Crippen LogP contribution in [0.3, 0.4) is 0 Å². The molecule has 0 aromatic carbocycles.